The van der Waals surface area contributed by atoms with Gasteiger partial charge < -0.3 is 10.2 Å². The van der Waals surface area contributed by atoms with E-state index in [9.17, 15) is 5.26 Å². The van der Waals surface area contributed by atoms with Gasteiger partial charge in [-0.2, -0.15) is 20.2 Å². The van der Waals surface area contributed by atoms with Gasteiger partial charge in [-0.3, -0.25) is 0 Å². The van der Waals surface area contributed by atoms with Gasteiger partial charge >= 0.3 is 0 Å². The zero-order valence-electron chi connectivity index (χ0n) is 11.8. The van der Waals surface area contributed by atoms with Gasteiger partial charge in [-0.05, 0) is 30.2 Å². The normalized spacial score (nSPS) is 10.0. The average molecular weight is 303 g/mol. The second-order valence-corrected chi connectivity index (χ2v) is 4.68. The lowest BCUT2D eigenvalue weighted by Gasteiger charge is -2.18. The quantitative estimate of drug-likeness (QED) is 0.915. The lowest BCUT2D eigenvalue weighted by molar-refractivity contribution is 0.926. The van der Waals surface area contributed by atoms with Gasteiger partial charge in [0, 0.05) is 13.6 Å². The van der Waals surface area contributed by atoms with Crippen LogP contribution in [0.15, 0.2) is 24.3 Å². The Hall–Kier alpha value is -2.39. The largest absolute Gasteiger partial charge is 0.354 e. The molecule has 0 saturated heterocycles. The van der Waals surface area contributed by atoms with Crippen LogP contribution in [0.5, 0.6) is 0 Å². The van der Waals surface area contributed by atoms with Crippen molar-refractivity contribution >= 4 is 29.2 Å². The highest BCUT2D eigenvalue weighted by atomic mass is 35.5. The van der Waals surface area contributed by atoms with Crippen molar-refractivity contribution in [3.8, 4) is 6.07 Å². The van der Waals surface area contributed by atoms with Gasteiger partial charge in [0.15, 0.2) is 0 Å². The number of nitriles is 1. The van der Waals surface area contributed by atoms with Crippen LogP contribution in [0, 0.1) is 11.3 Å². The van der Waals surface area contributed by atoms with Crippen molar-refractivity contribution in [1.29, 1.82) is 5.26 Å². The average Bonchev–Trinajstić information content (AvgIpc) is 2.51. The smallest absolute Gasteiger partial charge is 0.235 e. The molecular weight excluding hydrogens is 288 g/mol. The Morgan fingerprint density at radius 2 is 2.05 bits per heavy atom. The number of benzene rings is 1. The summed E-state index contributed by atoms with van der Waals surface area (Å²) in [6.45, 7) is 2.80. The summed E-state index contributed by atoms with van der Waals surface area (Å²) in [5.41, 5.74) is 1.25. The predicted molar refractivity (Wildman–Crippen MR) is 82.8 cm³/mol. The molecular formula is C14H15ClN6. The number of halogens is 1. The summed E-state index contributed by atoms with van der Waals surface area (Å²) in [6, 6.07) is 9.38. The molecule has 6 nitrogen and oxygen atoms in total. The van der Waals surface area contributed by atoms with Crippen molar-refractivity contribution in [2.45, 2.75) is 13.3 Å². The van der Waals surface area contributed by atoms with Crippen molar-refractivity contribution in [3.63, 3.8) is 0 Å². The van der Waals surface area contributed by atoms with Crippen LogP contribution in [0.3, 0.4) is 0 Å². The zero-order valence-corrected chi connectivity index (χ0v) is 12.6. The molecule has 0 unspecified atom stereocenters. The van der Waals surface area contributed by atoms with E-state index in [0.29, 0.717) is 23.1 Å². The molecule has 7 heteroatoms. The molecule has 2 aromatic rings. The molecule has 0 fully saturated rings. The summed E-state index contributed by atoms with van der Waals surface area (Å²) in [4.78, 5) is 14.2. The Labute approximate surface area is 128 Å². The summed E-state index contributed by atoms with van der Waals surface area (Å²) in [7, 11) is 1.78. The van der Waals surface area contributed by atoms with Crippen molar-refractivity contribution in [2.75, 3.05) is 23.8 Å². The van der Waals surface area contributed by atoms with Gasteiger partial charge in [-0.15, -0.1) is 0 Å². The molecule has 0 aliphatic carbocycles. The molecule has 0 radical (unpaired) electrons. The van der Waals surface area contributed by atoms with Crippen LogP contribution >= 0.6 is 11.6 Å². The van der Waals surface area contributed by atoms with Gasteiger partial charge in [0.2, 0.25) is 17.2 Å². The van der Waals surface area contributed by atoms with E-state index in [-0.39, 0.29) is 5.28 Å². The molecule has 108 valence electrons. The Balaban J connectivity index is 2.36. The van der Waals surface area contributed by atoms with Gasteiger partial charge in [0.25, 0.3) is 0 Å². The van der Waals surface area contributed by atoms with E-state index < -0.39 is 0 Å². The molecule has 0 saturated carbocycles. The first-order valence-corrected chi connectivity index (χ1v) is 6.91. The second kappa shape index (κ2) is 6.86. The van der Waals surface area contributed by atoms with E-state index in [4.69, 9.17) is 11.6 Å². The Kier molecular flexibility index (Phi) is 4.90. The standard InChI is InChI=1S/C14H15ClN6/c1-3-8-17-13-18-12(15)19-14(20-13)21(2)11-7-5-4-6-10(11)9-16/h4-7H,3,8H2,1-2H3,(H,17,18,19,20). The van der Waals surface area contributed by atoms with Gasteiger partial charge in [-0.1, -0.05) is 19.1 Å². The third kappa shape index (κ3) is 3.58. The van der Waals surface area contributed by atoms with Crippen LogP contribution in [0.4, 0.5) is 17.6 Å². The SMILES string of the molecule is CCCNc1nc(Cl)nc(N(C)c2ccccc2C#N)n1. The summed E-state index contributed by atoms with van der Waals surface area (Å²) >= 11 is 5.94. The van der Waals surface area contributed by atoms with Gasteiger partial charge in [0.1, 0.15) is 6.07 Å². The van der Waals surface area contributed by atoms with Crippen molar-refractivity contribution in [3.05, 3.63) is 35.1 Å². The minimum absolute atomic E-state index is 0.111. The van der Waals surface area contributed by atoms with E-state index in [0.717, 1.165) is 13.0 Å². The highest BCUT2D eigenvalue weighted by Crippen LogP contribution is 2.25. The van der Waals surface area contributed by atoms with E-state index in [1.165, 1.54) is 0 Å². The topological polar surface area (TPSA) is 77.7 Å². The maximum Gasteiger partial charge on any atom is 0.235 e. The van der Waals surface area contributed by atoms with Crippen molar-refractivity contribution in [1.82, 2.24) is 15.0 Å². The van der Waals surface area contributed by atoms with E-state index in [2.05, 4.69) is 26.3 Å². The van der Waals surface area contributed by atoms with E-state index in [1.807, 2.05) is 25.1 Å². The molecule has 1 heterocycles. The number of hydrogen-bond donors (Lipinski definition) is 1. The lowest BCUT2D eigenvalue weighted by Crippen LogP contribution is -2.16. The Morgan fingerprint density at radius 3 is 2.76 bits per heavy atom. The van der Waals surface area contributed by atoms with Crippen molar-refractivity contribution in [2.24, 2.45) is 0 Å². The van der Waals surface area contributed by atoms with Crippen LogP contribution in [0.1, 0.15) is 18.9 Å². The fourth-order valence-electron chi connectivity index (χ4n) is 1.77. The van der Waals surface area contributed by atoms with Crippen LogP contribution in [-0.4, -0.2) is 28.5 Å². The Morgan fingerprint density at radius 1 is 1.29 bits per heavy atom. The van der Waals surface area contributed by atoms with Gasteiger partial charge in [0.05, 0.1) is 11.3 Å². The van der Waals surface area contributed by atoms with E-state index in [1.54, 1.807) is 18.0 Å². The molecule has 0 amide bonds. The number of para-hydroxylation sites is 1. The molecule has 0 spiro atoms. The van der Waals surface area contributed by atoms with Crippen LogP contribution < -0.4 is 10.2 Å². The molecule has 0 atom stereocenters. The number of hydrogen-bond acceptors (Lipinski definition) is 6. The summed E-state index contributed by atoms with van der Waals surface area (Å²) in [6.07, 6.45) is 0.950. The van der Waals surface area contributed by atoms with Crippen molar-refractivity contribution < 1.29 is 0 Å². The number of nitrogens with one attached hydrogen (secondary N) is 1. The third-order valence-electron chi connectivity index (χ3n) is 2.82. The third-order valence-corrected chi connectivity index (χ3v) is 2.98. The number of anilines is 3. The fourth-order valence-corrected chi connectivity index (χ4v) is 1.93. The fraction of sp³-hybridized carbons (Fsp3) is 0.286. The molecule has 1 aromatic heterocycles. The van der Waals surface area contributed by atoms with Crippen LogP contribution in [-0.2, 0) is 0 Å². The summed E-state index contributed by atoms with van der Waals surface area (Å²) < 4.78 is 0. The number of nitrogens with zero attached hydrogens (tertiary/aromatic N) is 5. The number of aromatic nitrogens is 3. The Bertz CT molecular complexity index is 667. The maximum atomic E-state index is 9.17. The monoisotopic (exact) mass is 302 g/mol. The molecule has 21 heavy (non-hydrogen) atoms. The zero-order chi connectivity index (χ0) is 15.2. The molecule has 0 aliphatic rings. The maximum absolute atomic E-state index is 9.17. The summed E-state index contributed by atoms with van der Waals surface area (Å²) in [5, 5.41) is 12.4. The number of rotatable bonds is 5. The second-order valence-electron chi connectivity index (χ2n) is 4.34. The molecule has 0 aliphatic heterocycles. The first-order chi connectivity index (χ1) is 10.2. The minimum atomic E-state index is 0.111. The molecule has 1 N–H and O–H groups in total. The first kappa shape index (κ1) is 15.0. The lowest BCUT2D eigenvalue weighted by atomic mass is 10.2. The minimum Gasteiger partial charge on any atom is -0.354 e. The van der Waals surface area contributed by atoms with Crippen LogP contribution in [0.2, 0.25) is 5.28 Å². The summed E-state index contributed by atoms with van der Waals surface area (Å²) in [5.74, 6) is 0.810. The highest BCUT2D eigenvalue weighted by Gasteiger charge is 2.13. The van der Waals surface area contributed by atoms with E-state index >= 15 is 0 Å². The van der Waals surface area contributed by atoms with Crippen LogP contribution in [0.25, 0.3) is 0 Å². The molecule has 2 rings (SSSR count). The first-order valence-electron chi connectivity index (χ1n) is 6.54. The molecule has 0 bridgehead atoms. The van der Waals surface area contributed by atoms with Gasteiger partial charge in [-0.25, -0.2) is 0 Å². The highest BCUT2D eigenvalue weighted by molar-refractivity contribution is 6.28. The predicted octanol–water partition coefficient (Wildman–Crippen LogP) is 2.99. The molecule has 1 aromatic carbocycles.